The Morgan fingerprint density at radius 3 is 2.53 bits per heavy atom. The number of tetrazole rings is 1. The Balaban J connectivity index is 1.79. The Morgan fingerprint density at radius 2 is 1.83 bits per heavy atom. The Bertz CT molecular complexity index is 1380. The van der Waals surface area contributed by atoms with Gasteiger partial charge in [-0.1, -0.05) is 44.5 Å². The van der Waals surface area contributed by atoms with Crippen LogP contribution < -0.4 is 5.56 Å². The van der Waals surface area contributed by atoms with Gasteiger partial charge < -0.3 is 4.98 Å². The first-order valence-electron chi connectivity index (χ1n) is 12.6. The number of aromatic amines is 1. The molecule has 0 amide bonds. The van der Waals surface area contributed by atoms with Crippen LogP contribution in [0.4, 0.5) is 4.39 Å². The van der Waals surface area contributed by atoms with Crippen LogP contribution in [-0.2, 0) is 18.6 Å². The van der Waals surface area contributed by atoms with E-state index in [0.29, 0.717) is 18.7 Å². The molecular weight excluding hydrogens is 455 g/mol. The molecular formula is C28H35FN6O. The predicted molar refractivity (Wildman–Crippen MR) is 140 cm³/mol. The molecule has 4 rings (SSSR count). The molecule has 7 nitrogen and oxygen atoms in total. The quantitative estimate of drug-likeness (QED) is 0.311. The van der Waals surface area contributed by atoms with Crippen molar-refractivity contribution in [3.05, 3.63) is 87.2 Å². The minimum Gasteiger partial charge on any atom is -0.322 e. The molecule has 1 N–H and O–H groups in total. The fourth-order valence-corrected chi connectivity index (χ4v) is 4.53. The summed E-state index contributed by atoms with van der Waals surface area (Å²) >= 11 is 0. The molecule has 8 heteroatoms. The van der Waals surface area contributed by atoms with Crippen LogP contribution in [0.25, 0.3) is 10.9 Å². The van der Waals surface area contributed by atoms with Crippen LogP contribution in [0, 0.1) is 12.7 Å². The van der Waals surface area contributed by atoms with Gasteiger partial charge in [-0.15, -0.1) is 5.10 Å². The number of benzene rings is 2. The molecule has 0 aliphatic carbocycles. The lowest BCUT2D eigenvalue weighted by Crippen LogP contribution is -2.36. The van der Waals surface area contributed by atoms with E-state index < -0.39 is 0 Å². The van der Waals surface area contributed by atoms with Crippen molar-refractivity contribution in [2.24, 2.45) is 0 Å². The Hall–Kier alpha value is -3.39. The van der Waals surface area contributed by atoms with Gasteiger partial charge in [-0.05, 0) is 84.8 Å². The number of hydrogen-bond donors (Lipinski definition) is 1. The van der Waals surface area contributed by atoms with Gasteiger partial charge in [0.15, 0.2) is 5.82 Å². The number of rotatable bonds is 10. The van der Waals surface area contributed by atoms with Gasteiger partial charge in [-0.2, -0.15) is 0 Å². The van der Waals surface area contributed by atoms with Crippen LogP contribution in [0.2, 0.25) is 0 Å². The third-order valence-corrected chi connectivity index (χ3v) is 6.98. The van der Waals surface area contributed by atoms with Gasteiger partial charge in [0.25, 0.3) is 5.56 Å². The average Bonchev–Trinajstić information content (AvgIpc) is 3.35. The zero-order chi connectivity index (χ0) is 25.9. The zero-order valence-corrected chi connectivity index (χ0v) is 21.8. The lowest BCUT2D eigenvalue weighted by atomic mass is 10.00. The fourth-order valence-electron chi connectivity index (χ4n) is 4.53. The maximum Gasteiger partial charge on any atom is 0.252 e. The number of nitrogens with zero attached hydrogens (tertiary/aromatic N) is 5. The van der Waals surface area contributed by atoms with E-state index in [0.717, 1.165) is 47.1 Å². The molecule has 1 unspecified atom stereocenters. The van der Waals surface area contributed by atoms with E-state index >= 15 is 0 Å². The van der Waals surface area contributed by atoms with E-state index in [2.05, 4.69) is 53.1 Å². The third-order valence-electron chi connectivity index (χ3n) is 6.98. The highest BCUT2D eigenvalue weighted by Gasteiger charge is 2.31. The van der Waals surface area contributed by atoms with E-state index in [4.69, 9.17) is 0 Å². The second kappa shape index (κ2) is 10.7. The van der Waals surface area contributed by atoms with E-state index in [1.54, 1.807) is 12.1 Å². The molecule has 4 aromatic rings. The van der Waals surface area contributed by atoms with Crippen molar-refractivity contribution in [3.63, 3.8) is 0 Å². The molecule has 0 aliphatic rings. The lowest BCUT2D eigenvalue weighted by molar-refractivity contribution is 0.145. The molecule has 2 aromatic carbocycles. The molecule has 0 spiro atoms. The van der Waals surface area contributed by atoms with Gasteiger partial charge in [-0.25, -0.2) is 9.07 Å². The van der Waals surface area contributed by atoms with Gasteiger partial charge in [0.1, 0.15) is 5.82 Å². The molecule has 36 heavy (non-hydrogen) atoms. The summed E-state index contributed by atoms with van der Waals surface area (Å²) in [5.41, 5.74) is 3.18. The van der Waals surface area contributed by atoms with Gasteiger partial charge in [0.05, 0.1) is 11.6 Å². The van der Waals surface area contributed by atoms with Gasteiger partial charge in [0, 0.05) is 24.2 Å². The van der Waals surface area contributed by atoms with E-state index in [-0.39, 0.29) is 23.0 Å². The van der Waals surface area contributed by atoms with Crippen LogP contribution in [0.3, 0.4) is 0 Å². The number of fused-ring (bicyclic) bond motifs is 1. The average molecular weight is 491 g/mol. The van der Waals surface area contributed by atoms with Crippen molar-refractivity contribution in [3.8, 4) is 0 Å². The summed E-state index contributed by atoms with van der Waals surface area (Å²) in [6, 6.07) is 14.4. The highest BCUT2D eigenvalue weighted by molar-refractivity contribution is 5.79. The van der Waals surface area contributed by atoms with E-state index in [1.165, 1.54) is 12.1 Å². The van der Waals surface area contributed by atoms with Crippen molar-refractivity contribution in [1.82, 2.24) is 30.1 Å². The summed E-state index contributed by atoms with van der Waals surface area (Å²) in [5.74, 6) is 0.504. The maximum atomic E-state index is 13.6. The maximum absolute atomic E-state index is 13.6. The van der Waals surface area contributed by atoms with Crippen molar-refractivity contribution >= 4 is 10.9 Å². The van der Waals surface area contributed by atoms with Crippen LogP contribution in [-0.4, -0.2) is 30.1 Å². The number of hydrogen-bond acceptors (Lipinski definition) is 5. The Morgan fingerprint density at radius 1 is 1.08 bits per heavy atom. The first-order valence-corrected chi connectivity index (χ1v) is 12.6. The smallest absolute Gasteiger partial charge is 0.252 e. The number of aromatic nitrogens is 5. The zero-order valence-electron chi connectivity index (χ0n) is 21.8. The first-order chi connectivity index (χ1) is 17.2. The van der Waals surface area contributed by atoms with Crippen LogP contribution >= 0.6 is 0 Å². The first kappa shape index (κ1) is 25.7. The lowest BCUT2D eigenvalue weighted by Gasteiger charge is -2.33. The third kappa shape index (κ3) is 5.54. The molecule has 2 aromatic heterocycles. The summed E-state index contributed by atoms with van der Waals surface area (Å²) in [7, 11) is 0. The van der Waals surface area contributed by atoms with E-state index in [1.807, 2.05) is 35.9 Å². The SMILES string of the molecule is CCCC(c1nnnn1C(C)(C)CC)N(Cc1ccc(F)cc1)Cc1cc2ccc(C)cc2[nH]c1=O. The summed E-state index contributed by atoms with van der Waals surface area (Å²) in [6.07, 6.45) is 2.59. The van der Waals surface area contributed by atoms with E-state index in [9.17, 15) is 9.18 Å². The second-order valence-corrected chi connectivity index (χ2v) is 10.2. The standard InChI is InChI=1S/C28H35FN6O/c1-6-8-25(26-31-32-33-35(26)28(4,5)7-2)34(17-20-10-13-23(29)14-11-20)18-22-16-21-12-9-19(3)15-24(21)30-27(22)36/h9-16,25H,6-8,17-18H2,1-5H3,(H,30,36). The Labute approximate surface area is 211 Å². The normalized spacial score (nSPS) is 13.0. The fraction of sp³-hybridized carbons (Fsp3) is 0.429. The molecule has 2 heterocycles. The topological polar surface area (TPSA) is 79.7 Å². The number of halogens is 1. The largest absolute Gasteiger partial charge is 0.322 e. The number of nitrogens with one attached hydrogen (secondary N) is 1. The summed E-state index contributed by atoms with van der Waals surface area (Å²) in [5, 5.41) is 13.8. The molecule has 0 bridgehead atoms. The second-order valence-electron chi connectivity index (χ2n) is 10.2. The summed E-state index contributed by atoms with van der Waals surface area (Å²) in [6.45, 7) is 11.4. The number of H-pyrrole nitrogens is 1. The van der Waals surface area contributed by atoms with Gasteiger partial charge >= 0.3 is 0 Å². The Kier molecular flexibility index (Phi) is 7.64. The molecule has 190 valence electrons. The van der Waals surface area contributed by atoms with Gasteiger partial charge in [0.2, 0.25) is 0 Å². The van der Waals surface area contributed by atoms with Crippen molar-refractivity contribution in [2.75, 3.05) is 0 Å². The van der Waals surface area contributed by atoms with Crippen molar-refractivity contribution in [1.29, 1.82) is 0 Å². The minimum atomic E-state index is -0.273. The van der Waals surface area contributed by atoms with Crippen molar-refractivity contribution in [2.45, 2.75) is 78.6 Å². The predicted octanol–water partition coefficient (Wildman–Crippen LogP) is 5.65. The molecule has 1 atom stereocenters. The number of aryl methyl sites for hydroxylation is 1. The molecule has 0 saturated carbocycles. The molecule has 0 saturated heterocycles. The molecule has 0 radical (unpaired) electrons. The number of pyridine rings is 1. The van der Waals surface area contributed by atoms with Crippen LogP contribution in [0.15, 0.2) is 53.3 Å². The summed E-state index contributed by atoms with van der Waals surface area (Å²) < 4.78 is 15.6. The minimum absolute atomic E-state index is 0.110. The van der Waals surface area contributed by atoms with Gasteiger partial charge in [-0.3, -0.25) is 9.69 Å². The molecule has 0 aliphatic heterocycles. The highest BCUT2D eigenvalue weighted by Crippen LogP contribution is 2.31. The molecule has 0 fully saturated rings. The van der Waals surface area contributed by atoms with Crippen molar-refractivity contribution < 1.29 is 4.39 Å². The van der Waals surface area contributed by atoms with Crippen LogP contribution in [0.5, 0.6) is 0 Å². The monoisotopic (exact) mass is 490 g/mol. The highest BCUT2D eigenvalue weighted by atomic mass is 19.1. The van der Waals surface area contributed by atoms with Crippen LogP contribution in [0.1, 0.15) is 75.5 Å². The summed E-state index contributed by atoms with van der Waals surface area (Å²) in [4.78, 5) is 18.4.